The number of guanidine groups is 1. The van der Waals surface area contributed by atoms with Crippen LogP contribution in [0.2, 0.25) is 0 Å². The number of nitrogens with one attached hydrogen (secondary N) is 2. The molecule has 0 aliphatic heterocycles. The van der Waals surface area contributed by atoms with Crippen molar-refractivity contribution in [2.24, 2.45) is 10.1 Å². The minimum atomic E-state index is -3.71. The van der Waals surface area contributed by atoms with Crippen LogP contribution < -0.4 is 20.7 Å². The van der Waals surface area contributed by atoms with E-state index in [1.165, 1.54) is 11.8 Å². The van der Waals surface area contributed by atoms with Crippen LogP contribution in [-0.4, -0.2) is 40.6 Å². The second-order valence-electron chi connectivity index (χ2n) is 6.58. The Morgan fingerprint density at radius 2 is 1.83 bits per heavy atom. The fraction of sp³-hybridized carbons (Fsp3) is 0.381. The van der Waals surface area contributed by atoms with Gasteiger partial charge in [-0.05, 0) is 50.1 Å². The van der Waals surface area contributed by atoms with Gasteiger partial charge in [0, 0.05) is 31.9 Å². The van der Waals surface area contributed by atoms with Gasteiger partial charge in [0.25, 0.3) is 0 Å². The van der Waals surface area contributed by atoms with E-state index in [2.05, 4.69) is 51.7 Å². The van der Waals surface area contributed by atoms with E-state index < -0.39 is 10.0 Å². The molecular weight excluding hydrogens is 386 g/mol. The van der Waals surface area contributed by atoms with E-state index in [-0.39, 0.29) is 4.90 Å². The molecule has 0 saturated carbocycles. The summed E-state index contributed by atoms with van der Waals surface area (Å²) in [4.78, 5) is 6.99. The maximum atomic E-state index is 11.5. The number of aliphatic imine (C=N–C) groups is 1. The van der Waals surface area contributed by atoms with E-state index in [1.807, 2.05) is 19.1 Å². The Morgan fingerprint density at radius 1 is 1.07 bits per heavy atom. The lowest BCUT2D eigenvalue weighted by Gasteiger charge is -2.23. The molecule has 0 saturated heterocycles. The second kappa shape index (κ2) is 11.4. The molecule has 0 radical (unpaired) electrons. The van der Waals surface area contributed by atoms with Crippen molar-refractivity contribution in [3.05, 3.63) is 60.2 Å². The normalized spacial score (nSPS) is 11.9. The predicted molar refractivity (Wildman–Crippen MR) is 120 cm³/mol. The van der Waals surface area contributed by atoms with Crippen molar-refractivity contribution < 1.29 is 8.42 Å². The molecule has 0 heterocycles. The van der Waals surface area contributed by atoms with Gasteiger partial charge in [0.2, 0.25) is 10.0 Å². The highest BCUT2D eigenvalue weighted by Gasteiger charge is 2.08. The Kier molecular flexibility index (Phi) is 8.95. The predicted octanol–water partition coefficient (Wildman–Crippen LogP) is 2.31. The number of hydrogen-bond acceptors (Lipinski definition) is 4. The van der Waals surface area contributed by atoms with Crippen LogP contribution in [0.4, 0.5) is 5.69 Å². The number of nitrogens with two attached hydrogens (primary N) is 1. The first kappa shape index (κ1) is 22.7. The summed E-state index contributed by atoms with van der Waals surface area (Å²) in [6.45, 7) is 7.96. The Hall–Kier alpha value is -2.58. The van der Waals surface area contributed by atoms with Gasteiger partial charge in [-0.1, -0.05) is 30.3 Å². The van der Waals surface area contributed by atoms with Crippen molar-refractivity contribution in [2.75, 3.05) is 31.1 Å². The Morgan fingerprint density at radius 3 is 2.48 bits per heavy atom. The van der Waals surface area contributed by atoms with Gasteiger partial charge in [-0.25, -0.2) is 18.5 Å². The minimum Gasteiger partial charge on any atom is -0.372 e. The second-order valence-corrected chi connectivity index (χ2v) is 8.14. The molecule has 2 aromatic rings. The molecule has 0 spiro atoms. The van der Waals surface area contributed by atoms with Gasteiger partial charge in [0.05, 0.1) is 11.4 Å². The fourth-order valence-corrected chi connectivity index (χ4v) is 3.50. The number of para-hydroxylation sites is 1. The summed E-state index contributed by atoms with van der Waals surface area (Å²) in [5, 5.41) is 11.7. The number of rotatable bonds is 10. The van der Waals surface area contributed by atoms with Gasteiger partial charge >= 0.3 is 0 Å². The zero-order valence-electron chi connectivity index (χ0n) is 17.1. The van der Waals surface area contributed by atoms with Gasteiger partial charge in [0.15, 0.2) is 5.96 Å². The Bertz CT molecular complexity index is 885. The summed E-state index contributed by atoms with van der Waals surface area (Å²) in [5.74, 6) is 0.705. The summed E-state index contributed by atoms with van der Waals surface area (Å²) < 4.78 is 23.0. The molecule has 158 valence electrons. The van der Waals surface area contributed by atoms with Gasteiger partial charge in [-0.2, -0.15) is 0 Å². The summed E-state index contributed by atoms with van der Waals surface area (Å²) in [6, 6.07) is 16.9. The standard InChI is InChI=1S/C21H31N5O2S/c1-3-23-21(25-17-18-10-8-13-20(16-18)29(22,27)28)24-14-9-15-26(4-2)19-11-6-5-7-12-19/h5-8,10-13,16H,3-4,9,14-15,17H2,1-2H3,(H2,22,27,28)(H2,23,24,25). The van der Waals surface area contributed by atoms with Crippen LogP contribution in [0.5, 0.6) is 0 Å². The lowest BCUT2D eigenvalue weighted by Crippen LogP contribution is -2.38. The maximum Gasteiger partial charge on any atom is 0.238 e. The SMILES string of the molecule is CCNC(=NCc1cccc(S(N)(=O)=O)c1)NCCCN(CC)c1ccccc1. The van der Waals surface area contributed by atoms with Gasteiger partial charge < -0.3 is 15.5 Å². The van der Waals surface area contributed by atoms with Crippen LogP contribution in [-0.2, 0) is 16.6 Å². The summed E-state index contributed by atoms with van der Waals surface area (Å²) in [6.07, 6.45) is 0.966. The Labute approximate surface area is 174 Å². The quantitative estimate of drug-likeness (QED) is 0.313. The molecular formula is C21H31N5O2S. The van der Waals surface area contributed by atoms with E-state index in [9.17, 15) is 8.42 Å². The zero-order valence-corrected chi connectivity index (χ0v) is 18.0. The van der Waals surface area contributed by atoms with Crippen molar-refractivity contribution in [1.82, 2.24) is 10.6 Å². The Balaban J connectivity index is 1.89. The molecule has 0 aliphatic carbocycles. The van der Waals surface area contributed by atoms with Gasteiger partial charge in [0.1, 0.15) is 0 Å². The third-order valence-corrected chi connectivity index (χ3v) is 5.30. The first-order valence-corrected chi connectivity index (χ1v) is 11.4. The molecule has 7 nitrogen and oxygen atoms in total. The smallest absolute Gasteiger partial charge is 0.238 e. The zero-order chi connectivity index (χ0) is 21.1. The van der Waals surface area contributed by atoms with E-state index >= 15 is 0 Å². The molecule has 0 aromatic heterocycles. The molecule has 8 heteroatoms. The van der Waals surface area contributed by atoms with Crippen LogP contribution in [0.25, 0.3) is 0 Å². The molecule has 0 unspecified atom stereocenters. The summed E-state index contributed by atoms with van der Waals surface area (Å²) in [5.41, 5.74) is 2.01. The van der Waals surface area contributed by atoms with Crippen LogP contribution in [0.3, 0.4) is 0 Å². The van der Waals surface area contributed by atoms with Crippen molar-refractivity contribution in [1.29, 1.82) is 0 Å². The lowest BCUT2D eigenvalue weighted by molar-refractivity contribution is 0.597. The molecule has 4 N–H and O–H groups in total. The third kappa shape index (κ3) is 7.75. The average Bonchev–Trinajstić information content (AvgIpc) is 2.72. The molecule has 0 bridgehead atoms. The summed E-state index contributed by atoms with van der Waals surface area (Å²) >= 11 is 0. The molecule has 0 fully saturated rings. The highest BCUT2D eigenvalue weighted by Crippen LogP contribution is 2.13. The molecule has 0 atom stereocenters. The largest absolute Gasteiger partial charge is 0.372 e. The number of sulfonamides is 1. The van der Waals surface area contributed by atoms with Crippen LogP contribution in [0.1, 0.15) is 25.8 Å². The molecule has 0 amide bonds. The van der Waals surface area contributed by atoms with Crippen molar-refractivity contribution in [2.45, 2.75) is 31.7 Å². The highest BCUT2D eigenvalue weighted by atomic mass is 32.2. The van der Waals surface area contributed by atoms with Gasteiger partial charge in [-0.15, -0.1) is 0 Å². The average molecular weight is 418 g/mol. The number of benzene rings is 2. The highest BCUT2D eigenvalue weighted by molar-refractivity contribution is 7.89. The first-order valence-electron chi connectivity index (χ1n) is 9.88. The van der Waals surface area contributed by atoms with Crippen molar-refractivity contribution >= 4 is 21.7 Å². The fourth-order valence-electron chi connectivity index (χ4n) is 2.92. The molecule has 0 aliphatic rings. The topological polar surface area (TPSA) is 99.8 Å². The van der Waals surface area contributed by atoms with Crippen LogP contribution >= 0.6 is 0 Å². The van der Waals surface area contributed by atoms with E-state index in [0.29, 0.717) is 12.5 Å². The van der Waals surface area contributed by atoms with Crippen LogP contribution in [0, 0.1) is 0 Å². The van der Waals surface area contributed by atoms with Crippen molar-refractivity contribution in [3.8, 4) is 0 Å². The molecule has 2 aromatic carbocycles. The van der Waals surface area contributed by atoms with E-state index in [1.54, 1.807) is 12.1 Å². The van der Waals surface area contributed by atoms with Crippen LogP contribution in [0.15, 0.2) is 64.5 Å². The third-order valence-electron chi connectivity index (χ3n) is 4.39. The summed E-state index contributed by atoms with van der Waals surface area (Å²) in [7, 11) is -3.71. The van der Waals surface area contributed by atoms with Gasteiger partial charge in [-0.3, -0.25) is 0 Å². The number of primary sulfonamides is 1. The maximum absolute atomic E-state index is 11.5. The molecule has 2 rings (SSSR count). The van der Waals surface area contributed by atoms with E-state index in [0.717, 1.165) is 38.2 Å². The lowest BCUT2D eigenvalue weighted by atomic mass is 10.2. The van der Waals surface area contributed by atoms with Crippen molar-refractivity contribution in [3.63, 3.8) is 0 Å². The first-order chi connectivity index (χ1) is 13.9. The minimum absolute atomic E-state index is 0.101. The number of hydrogen-bond donors (Lipinski definition) is 3. The molecule has 29 heavy (non-hydrogen) atoms. The number of nitrogens with zero attached hydrogens (tertiary/aromatic N) is 2. The monoisotopic (exact) mass is 417 g/mol. The van der Waals surface area contributed by atoms with E-state index in [4.69, 9.17) is 5.14 Å². The number of anilines is 1.